The Balaban J connectivity index is 2.56. The van der Waals surface area contributed by atoms with Gasteiger partial charge in [-0.3, -0.25) is 0 Å². The molecule has 0 aliphatic carbocycles. The van der Waals surface area contributed by atoms with E-state index in [0.29, 0.717) is 15.9 Å². The fraction of sp³-hybridized carbons (Fsp3) is 0.154. The minimum atomic E-state index is -0.339. The molecule has 1 heterocycles. The molecule has 0 amide bonds. The van der Waals surface area contributed by atoms with Crippen LogP contribution < -0.4 is 11.1 Å². The number of rotatable bonds is 3. The standard InChI is InChI=1S/C13H13BrFN3/c1-17-12(8-4-3-7-18-13(8)16)11-9(14)5-2-6-10(11)15/h2-7,12,17H,1H3,(H2,16,18). The summed E-state index contributed by atoms with van der Waals surface area (Å²) >= 11 is 3.37. The molecule has 1 unspecified atom stereocenters. The molecule has 1 aromatic carbocycles. The van der Waals surface area contributed by atoms with E-state index in [1.54, 1.807) is 31.4 Å². The zero-order chi connectivity index (χ0) is 13.1. The second-order valence-electron chi connectivity index (χ2n) is 3.83. The Bertz CT molecular complexity index is 539. The first-order valence-electron chi connectivity index (χ1n) is 5.46. The summed E-state index contributed by atoms with van der Waals surface area (Å²) in [5, 5.41) is 3.07. The maximum atomic E-state index is 14.0. The third kappa shape index (κ3) is 2.37. The monoisotopic (exact) mass is 309 g/mol. The lowest BCUT2D eigenvalue weighted by Gasteiger charge is -2.20. The van der Waals surface area contributed by atoms with Crippen LogP contribution in [0.2, 0.25) is 0 Å². The van der Waals surface area contributed by atoms with Gasteiger partial charge in [0, 0.05) is 21.8 Å². The van der Waals surface area contributed by atoms with Gasteiger partial charge in [0.2, 0.25) is 0 Å². The van der Waals surface area contributed by atoms with E-state index in [-0.39, 0.29) is 11.9 Å². The highest BCUT2D eigenvalue weighted by atomic mass is 79.9. The van der Waals surface area contributed by atoms with Gasteiger partial charge in [0.1, 0.15) is 11.6 Å². The molecule has 18 heavy (non-hydrogen) atoms. The highest BCUT2D eigenvalue weighted by Crippen LogP contribution is 2.32. The molecular weight excluding hydrogens is 297 g/mol. The zero-order valence-corrected chi connectivity index (χ0v) is 11.4. The van der Waals surface area contributed by atoms with Crippen molar-refractivity contribution < 1.29 is 4.39 Å². The predicted molar refractivity (Wildman–Crippen MR) is 73.7 cm³/mol. The summed E-state index contributed by atoms with van der Waals surface area (Å²) in [5.74, 6) is 0.110. The molecule has 0 aliphatic rings. The molecule has 0 aliphatic heterocycles. The SMILES string of the molecule is CNC(c1cccnc1N)c1c(F)cccc1Br. The van der Waals surface area contributed by atoms with E-state index < -0.39 is 0 Å². The number of halogens is 2. The summed E-state index contributed by atoms with van der Waals surface area (Å²) in [6.07, 6.45) is 1.61. The molecule has 3 N–H and O–H groups in total. The van der Waals surface area contributed by atoms with Gasteiger partial charge in [0.05, 0.1) is 6.04 Å². The minimum absolute atomic E-state index is 0.285. The van der Waals surface area contributed by atoms with Crippen molar-refractivity contribution in [3.05, 3.63) is 57.9 Å². The second-order valence-corrected chi connectivity index (χ2v) is 4.69. The molecule has 3 nitrogen and oxygen atoms in total. The molecule has 2 aromatic rings. The number of nitrogens with two attached hydrogens (primary N) is 1. The summed E-state index contributed by atoms with van der Waals surface area (Å²) in [6, 6.07) is 8.16. The number of nitrogens with zero attached hydrogens (tertiary/aromatic N) is 1. The normalized spacial score (nSPS) is 12.4. The average Bonchev–Trinajstić information content (AvgIpc) is 2.35. The van der Waals surface area contributed by atoms with E-state index in [4.69, 9.17) is 5.73 Å². The van der Waals surface area contributed by atoms with E-state index in [9.17, 15) is 4.39 Å². The molecule has 1 atom stereocenters. The van der Waals surface area contributed by atoms with E-state index in [1.165, 1.54) is 6.07 Å². The predicted octanol–water partition coefficient (Wildman–Crippen LogP) is 2.87. The average molecular weight is 310 g/mol. The summed E-state index contributed by atoms with van der Waals surface area (Å²) in [6.45, 7) is 0. The number of hydrogen-bond acceptors (Lipinski definition) is 3. The zero-order valence-electron chi connectivity index (χ0n) is 9.82. The Labute approximate surface area is 113 Å². The lowest BCUT2D eigenvalue weighted by molar-refractivity contribution is 0.574. The van der Waals surface area contributed by atoms with Gasteiger partial charge in [0.15, 0.2) is 0 Å². The highest BCUT2D eigenvalue weighted by Gasteiger charge is 2.21. The Morgan fingerprint density at radius 2 is 2.11 bits per heavy atom. The molecule has 2 rings (SSSR count). The van der Waals surface area contributed by atoms with Crippen molar-refractivity contribution in [2.24, 2.45) is 0 Å². The minimum Gasteiger partial charge on any atom is -0.383 e. The van der Waals surface area contributed by atoms with Crippen LogP contribution in [-0.2, 0) is 0 Å². The summed E-state index contributed by atoms with van der Waals surface area (Å²) in [5.41, 5.74) is 7.13. The second kappa shape index (κ2) is 5.46. The first kappa shape index (κ1) is 13.0. The molecule has 0 saturated carbocycles. The molecule has 0 bridgehead atoms. The molecule has 0 saturated heterocycles. The highest BCUT2D eigenvalue weighted by molar-refractivity contribution is 9.10. The summed E-state index contributed by atoms with van der Waals surface area (Å²) in [7, 11) is 1.76. The van der Waals surface area contributed by atoms with Crippen LogP contribution in [0.1, 0.15) is 17.2 Å². The van der Waals surface area contributed by atoms with Crippen molar-refractivity contribution in [2.75, 3.05) is 12.8 Å². The van der Waals surface area contributed by atoms with Crippen LogP contribution in [0.15, 0.2) is 41.0 Å². The van der Waals surface area contributed by atoms with Crippen LogP contribution in [0.5, 0.6) is 0 Å². The Kier molecular flexibility index (Phi) is 3.93. The third-order valence-electron chi connectivity index (χ3n) is 2.76. The van der Waals surface area contributed by atoms with Crippen molar-refractivity contribution >= 4 is 21.7 Å². The van der Waals surface area contributed by atoms with Gasteiger partial charge in [0.25, 0.3) is 0 Å². The largest absolute Gasteiger partial charge is 0.383 e. The fourth-order valence-electron chi connectivity index (χ4n) is 1.92. The molecule has 0 spiro atoms. The molecule has 1 aromatic heterocycles. The van der Waals surface area contributed by atoms with E-state index in [1.807, 2.05) is 6.07 Å². The molecular formula is C13H13BrFN3. The maximum Gasteiger partial charge on any atom is 0.129 e. The van der Waals surface area contributed by atoms with Crippen LogP contribution >= 0.6 is 15.9 Å². The van der Waals surface area contributed by atoms with E-state index in [2.05, 4.69) is 26.2 Å². The topological polar surface area (TPSA) is 50.9 Å². The third-order valence-corrected chi connectivity index (χ3v) is 3.45. The van der Waals surface area contributed by atoms with Crippen molar-refractivity contribution in [1.82, 2.24) is 10.3 Å². The van der Waals surface area contributed by atoms with Crippen molar-refractivity contribution in [1.29, 1.82) is 0 Å². The summed E-state index contributed by atoms with van der Waals surface area (Å²) in [4.78, 5) is 4.03. The van der Waals surface area contributed by atoms with Crippen molar-refractivity contribution in [3.8, 4) is 0 Å². The van der Waals surface area contributed by atoms with Crippen molar-refractivity contribution in [2.45, 2.75) is 6.04 Å². The first-order valence-corrected chi connectivity index (χ1v) is 6.26. The smallest absolute Gasteiger partial charge is 0.129 e. The van der Waals surface area contributed by atoms with E-state index >= 15 is 0 Å². The first-order chi connectivity index (χ1) is 8.65. The lowest BCUT2D eigenvalue weighted by atomic mass is 9.99. The number of hydrogen-bond donors (Lipinski definition) is 2. The number of nitrogen functional groups attached to an aromatic ring is 1. The van der Waals surface area contributed by atoms with Gasteiger partial charge >= 0.3 is 0 Å². The van der Waals surface area contributed by atoms with Gasteiger partial charge in [-0.2, -0.15) is 0 Å². The van der Waals surface area contributed by atoms with Crippen LogP contribution in [0.4, 0.5) is 10.2 Å². The number of benzene rings is 1. The van der Waals surface area contributed by atoms with Crippen molar-refractivity contribution in [3.63, 3.8) is 0 Å². The molecule has 0 fully saturated rings. The fourth-order valence-corrected chi connectivity index (χ4v) is 2.49. The maximum absolute atomic E-state index is 14.0. The molecule has 0 radical (unpaired) electrons. The number of aromatic nitrogens is 1. The van der Waals surface area contributed by atoms with Gasteiger partial charge in [-0.15, -0.1) is 0 Å². The number of pyridine rings is 1. The van der Waals surface area contributed by atoms with Crippen LogP contribution in [0.25, 0.3) is 0 Å². The summed E-state index contributed by atoms with van der Waals surface area (Å²) < 4.78 is 14.7. The van der Waals surface area contributed by atoms with Crippen LogP contribution in [-0.4, -0.2) is 12.0 Å². The molecule has 5 heteroatoms. The number of anilines is 1. The Morgan fingerprint density at radius 1 is 1.33 bits per heavy atom. The Hall–Kier alpha value is -1.46. The van der Waals surface area contributed by atoms with Gasteiger partial charge in [-0.1, -0.05) is 28.1 Å². The molecule has 94 valence electrons. The van der Waals surface area contributed by atoms with Crippen LogP contribution in [0.3, 0.4) is 0 Å². The van der Waals surface area contributed by atoms with Gasteiger partial charge < -0.3 is 11.1 Å². The Morgan fingerprint density at radius 3 is 2.72 bits per heavy atom. The lowest BCUT2D eigenvalue weighted by Crippen LogP contribution is -2.21. The van der Waals surface area contributed by atoms with E-state index in [0.717, 1.165) is 5.56 Å². The van der Waals surface area contributed by atoms with Crippen LogP contribution in [0, 0.1) is 5.82 Å². The van der Waals surface area contributed by atoms with Gasteiger partial charge in [-0.25, -0.2) is 9.37 Å². The quantitative estimate of drug-likeness (QED) is 0.916. The number of nitrogens with one attached hydrogen (secondary N) is 1. The van der Waals surface area contributed by atoms with Gasteiger partial charge in [-0.05, 0) is 25.2 Å².